The third-order valence-electron chi connectivity index (χ3n) is 1.96. The molecule has 0 radical (unpaired) electrons. The number of methoxy groups -OCH3 is 1. The number of aliphatic carboxylic acids is 1. The van der Waals surface area contributed by atoms with Gasteiger partial charge in [0.05, 0.1) is 0 Å². The van der Waals surface area contributed by atoms with E-state index in [-0.39, 0.29) is 6.42 Å². The Kier molecular flexibility index (Phi) is 4.05. The van der Waals surface area contributed by atoms with Crippen molar-refractivity contribution in [2.24, 2.45) is 0 Å². The summed E-state index contributed by atoms with van der Waals surface area (Å²) in [6.45, 7) is 1.80. The van der Waals surface area contributed by atoms with Gasteiger partial charge in [0.15, 0.2) is 6.10 Å². The van der Waals surface area contributed by atoms with Gasteiger partial charge in [-0.15, -0.1) is 0 Å². The molecular formula is C10H12ClNO3. The molecule has 4 nitrogen and oxygen atoms in total. The molecule has 0 amide bonds. The lowest BCUT2D eigenvalue weighted by molar-refractivity contribution is -0.148. The van der Waals surface area contributed by atoms with Crippen LogP contribution in [0.15, 0.2) is 12.1 Å². The molecule has 1 aromatic rings. The van der Waals surface area contributed by atoms with E-state index in [1.807, 2.05) is 0 Å². The van der Waals surface area contributed by atoms with Gasteiger partial charge in [-0.05, 0) is 24.6 Å². The van der Waals surface area contributed by atoms with Crippen molar-refractivity contribution in [3.05, 3.63) is 28.5 Å². The molecule has 0 saturated heterocycles. The summed E-state index contributed by atoms with van der Waals surface area (Å²) in [5.41, 5.74) is 1.57. The van der Waals surface area contributed by atoms with Gasteiger partial charge in [-0.25, -0.2) is 9.78 Å². The molecule has 1 N–H and O–H groups in total. The van der Waals surface area contributed by atoms with Gasteiger partial charge in [-0.2, -0.15) is 0 Å². The predicted octanol–water partition coefficient (Wildman–Crippen LogP) is 1.69. The van der Waals surface area contributed by atoms with E-state index < -0.39 is 12.1 Å². The summed E-state index contributed by atoms with van der Waals surface area (Å²) in [5.74, 6) is -0.983. The summed E-state index contributed by atoms with van der Waals surface area (Å²) < 4.78 is 4.83. The second-order valence-electron chi connectivity index (χ2n) is 3.21. The van der Waals surface area contributed by atoms with Gasteiger partial charge < -0.3 is 9.84 Å². The maximum atomic E-state index is 10.7. The smallest absolute Gasteiger partial charge is 0.333 e. The Balaban J connectivity index is 2.83. The Morgan fingerprint density at radius 1 is 1.67 bits per heavy atom. The van der Waals surface area contributed by atoms with Crippen molar-refractivity contribution in [1.29, 1.82) is 0 Å². The van der Waals surface area contributed by atoms with Crippen LogP contribution in [0.4, 0.5) is 0 Å². The number of pyridine rings is 1. The monoisotopic (exact) mass is 229 g/mol. The van der Waals surface area contributed by atoms with Gasteiger partial charge >= 0.3 is 5.97 Å². The first kappa shape index (κ1) is 11.9. The number of carboxylic acid groups (broad SMARTS) is 1. The third kappa shape index (κ3) is 3.49. The lowest BCUT2D eigenvalue weighted by Gasteiger charge is -2.10. The largest absolute Gasteiger partial charge is 0.479 e. The topological polar surface area (TPSA) is 59.4 Å². The summed E-state index contributed by atoms with van der Waals surface area (Å²) in [6.07, 6.45) is -0.558. The van der Waals surface area contributed by atoms with Crippen molar-refractivity contribution in [2.45, 2.75) is 19.4 Å². The first-order valence-corrected chi connectivity index (χ1v) is 4.79. The highest BCUT2D eigenvalue weighted by atomic mass is 35.5. The molecule has 1 unspecified atom stereocenters. The molecule has 0 aromatic carbocycles. The maximum Gasteiger partial charge on any atom is 0.333 e. The Hall–Kier alpha value is -1.13. The number of rotatable bonds is 4. The molecular weight excluding hydrogens is 218 g/mol. The Bertz CT molecular complexity index is 347. The van der Waals surface area contributed by atoms with E-state index in [1.54, 1.807) is 19.1 Å². The zero-order chi connectivity index (χ0) is 11.4. The van der Waals surface area contributed by atoms with Gasteiger partial charge in [0.1, 0.15) is 5.15 Å². The molecule has 82 valence electrons. The van der Waals surface area contributed by atoms with Gasteiger partial charge in [-0.3, -0.25) is 0 Å². The average molecular weight is 230 g/mol. The molecule has 0 spiro atoms. The fourth-order valence-electron chi connectivity index (χ4n) is 1.30. The van der Waals surface area contributed by atoms with Crippen molar-refractivity contribution in [3.8, 4) is 0 Å². The summed E-state index contributed by atoms with van der Waals surface area (Å²) in [6, 6.07) is 3.43. The number of hydrogen-bond donors (Lipinski definition) is 1. The van der Waals surface area contributed by atoms with E-state index in [2.05, 4.69) is 4.98 Å². The van der Waals surface area contributed by atoms with E-state index in [0.717, 1.165) is 11.3 Å². The van der Waals surface area contributed by atoms with Crippen LogP contribution < -0.4 is 0 Å². The number of ether oxygens (including phenoxy) is 1. The van der Waals surface area contributed by atoms with E-state index in [0.29, 0.717) is 5.15 Å². The minimum Gasteiger partial charge on any atom is -0.479 e. The predicted molar refractivity (Wildman–Crippen MR) is 56.1 cm³/mol. The number of carboxylic acids is 1. The Morgan fingerprint density at radius 2 is 2.33 bits per heavy atom. The van der Waals surface area contributed by atoms with Gasteiger partial charge in [0, 0.05) is 19.2 Å². The second kappa shape index (κ2) is 5.09. The van der Waals surface area contributed by atoms with Crippen LogP contribution in [0.1, 0.15) is 11.3 Å². The molecule has 1 rings (SSSR count). The first-order valence-electron chi connectivity index (χ1n) is 4.41. The number of nitrogens with zero attached hydrogens (tertiary/aromatic N) is 1. The molecule has 0 bridgehead atoms. The zero-order valence-electron chi connectivity index (χ0n) is 8.53. The second-order valence-corrected chi connectivity index (χ2v) is 3.59. The van der Waals surface area contributed by atoms with Gasteiger partial charge in [-0.1, -0.05) is 11.6 Å². The summed E-state index contributed by atoms with van der Waals surface area (Å²) in [4.78, 5) is 14.7. The van der Waals surface area contributed by atoms with Crippen LogP contribution in [0.3, 0.4) is 0 Å². The molecule has 15 heavy (non-hydrogen) atoms. The van der Waals surface area contributed by atoms with Gasteiger partial charge in [0.2, 0.25) is 0 Å². The van der Waals surface area contributed by atoms with Crippen LogP contribution in [0.25, 0.3) is 0 Å². The molecule has 0 aliphatic heterocycles. The normalized spacial score (nSPS) is 12.5. The van der Waals surface area contributed by atoms with E-state index in [9.17, 15) is 4.79 Å². The first-order chi connectivity index (χ1) is 7.02. The van der Waals surface area contributed by atoms with Gasteiger partial charge in [0.25, 0.3) is 0 Å². The summed E-state index contributed by atoms with van der Waals surface area (Å²) in [7, 11) is 1.37. The number of carbonyl (C=O) groups is 1. The molecule has 1 heterocycles. The molecule has 5 heteroatoms. The molecule has 0 aliphatic carbocycles. The van der Waals surface area contributed by atoms with Crippen molar-refractivity contribution >= 4 is 17.6 Å². The zero-order valence-corrected chi connectivity index (χ0v) is 9.28. The quantitative estimate of drug-likeness (QED) is 0.799. The average Bonchev–Trinajstić information content (AvgIpc) is 2.12. The number of hydrogen-bond acceptors (Lipinski definition) is 3. The highest BCUT2D eigenvalue weighted by Gasteiger charge is 2.17. The van der Waals surface area contributed by atoms with Crippen LogP contribution in [0.5, 0.6) is 0 Å². The van der Waals surface area contributed by atoms with Crippen molar-refractivity contribution in [3.63, 3.8) is 0 Å². The summed E-state index contributed by atoms with van der Waals surface area (Å²) in [5, 5.41) is 9.17. The standard InChI is InChI=1S/C10H12ClNO3/c1-6-3-7(5-9(11)12-6)4-8(15-2)10(13)14/h3,5,8H,4H2,1-2H3,(H,13,14). The number of aryl methyl sites for hydroxylation is 1. The van der Waals surface area contributed by atoms with Crippen LogP contribution in [0.2, 0.25) is 5.15 Å². The fraction of sp³-hybridized carbons (Fsp3) is 0.400. The van der Waals surface area contributed by atoms with Crippen molar-refractivity contribution < 1.29 is 14.6 Å². The van der Waals surface area contributed by atoms with E-state index >= 15 is 0 Å². The summed E-state index contributed by atoms with van der Waals surface area (Å²) >= 11 is 5.76. The van der Waals surface area contributed by atoms with Crippen LogP contribution in [0, 0.1) is 6.92 Å². The SMILES string of the molecule is COC(Cc1cc(C)nc(Cl)c1)C(=O)O. The minimum atomic E-state index is -0.983. The van der Waals surface area contributed by atoms with Crippen LogP contribution in [-0.2, 0) is 16.0 Å². The van der Waals surface area contributed by atoms with Crippen molar-refractivity contribution in [2.75, 3.05) is 7.11 Å². The molecule has 1 atom stereocenters. The minimum absolute atomic E-state index is 0.287. The molecule has 1 aromatic heterocycles. The van der Waals surface area contributed by atoms with E-state index in [4.69, 9.17) is 21.4 Å². The Morgan fingerprint density at radius 3 is 2.80 bits per heavy atom. The maximum absolute atomic E-state index is 10.7. The molecule has 0 aliphatic rings. The highest BCUT2D eigenvalue weighted by Crippen LogP contribution is 2.13. The number of halogens is 1. The molecule has 0 fully saturated rings. The number of aromatic nitrogens is 1. The molecule has 0 saturated carbocycles. The van der Waals surface area contributed by atoms with Crippen LogP contribution >= 0.6 is 11.6 Å². The fourth-order valence-corrected chi connectivity index (χ4v) is 1.57. The lowest BCUT2D eigenvalue weighted by atomic mass is 10.1. The van der Waals surface area contributed by atoms with E-state index in [1.165, 1.54) is 7.11 Å². The lowest BCUT2D eigenvalue weighted by Crippen LogP contribution is -2.24. The van der Waals surface area contributed by atoms with Crippen molar-refractivity contribution in [1.82, 2.24) is 4.98 Å². The van der Waals surface area contributed by atoms with Crippen LogP contribution in [-0.4, -0.2) is 29.3 Å². The third-order valence-corrected chi connectivity index (χ3v) is 2.16. The highest BCUT2D eigenvalue weighted by molar-refractivity contribution is 6.29. The Labute approximate surface area is 92.8 Å².